The molecule has 0 spiro atoms. The fourth-order valence-electron chi connectivity index (χ4n) is 1.97. The van der Waals surface area contributed by atoms with Gasteiger partial charge in [-0.3, -0.25) is 10.1 Å². The molecule has 0 amide bonds. The summed E-state index contributed by atoms with van der Waals surface area (Å²) >= 11 is 0. The summed E-state index contributed by atoms with van der Waals surface area (Å²) in [5.41, 5.74) is 1.42. The quantitative estimate of drug-likeness (QED) is 0.607. The molecular formula is C15H18N2O3. The van der Waals surface area contributed by atoms with Gasteiger partial charge in [0.2, 0.25) is 0 Å². The fourth-order valence-corrected chi connectivity index (χ4v) is 1.97. The first kappa shape index (κ1) is 14.2. The highest BCUT2D eigenvalue weighted by Gasteiger charge is 2.17. The highest BCUT2D eigenvalue weighted by Crippen LogP contribution is 2.18. The molecule has 0 unspecified atom stereocenters. The van der Waals surface area contributed by atoms with Gasteiger partial charge in [0.25, 0.3) is 5.70 Å². The second-order valence-electron chi connectivity index (χ2n) is 4.75. The zero-order chi connectivity index (χ0) is 14.4. The maximum absolute atomic E-state index is 10.6. The summed E-state index contributed by atoms with van der Waals surface area (Å²) < 4.78 is 5.63. The molecular weight excluding hydrogens is 256 g/mol. The van der Waals surface area contributed by atoms with E-state index in [1.165, 1.54) is 24.6 Å². The SMILES string of the molecule is CCCCc1ccc(OC2=NC=C([N+](=O)[O-])CC2)cc1. The third-order valence-corrected chi connectivity index (χ3v) is 3.17. The first-order valence-corrected chi connectivity index (χ1v) is 6.86. The van der Waals surface area contributed by atoms with E-state index >= 15 is 0 Å². The van der Waals surface area contributed by atoms with E-state index in [-0.39, 0.29) is 5.70 Å². The summed E-state index contributed by atoms with van der Waals surface area (Å²) in [6.45, 7) is 2.17. The Kier molecular flexibility index (Phi) is 4.87. The van der Waals surface area contributed by atoms with Crippen LogP contribution in [0.2, 0.25) is 0 Å². The lowest BCUT2D eigenvalue weighted by Crippen LogP contribution is -2.13. The highest BCUT2D eigenvalue weighted by atomic mass is 16.6. The zero-order valence-corrected chi connectivity index (χ0v) is 11.5. The van der Waals surface area contributed by atoms with Crippen LogP contribution in [-0.4, -0.2) is 10.8 Å². The van der Waals surface area contributed by atoms with Gasteiger partial charge in [-0.2, -0.15) is 0 Å². The summed E-state index contributed by atoms with van der Waals surface area (Å²) in [5.74, 6) is 1.25. The number of benzene rings is 1. The van der Waals surface area contributed by atoms with Crippen LogP contribution < -0.4 is 4.74 Å². The second kappa shape index (κ2) is 6.84. The number of nitro groups is 1. The maximum Gasteiger partial charge on any atom is 0.264 e. The van der Waals surface area contributed by atoms with Gasteiger partial charge in [-0.05, 0) is 30.5 Å². The van der Waals surface area contributed by atoms with E-state index in [4.69, 9.17) is 4.74 Å². The molecule has 0 saturated carbocycles. The predicted octanol–water partition coefficient (Wildman–Crippen LogP) is 3.72. The van der Waals surface area contributed by atoms with E-state index in [0.29, 0.717) is 18.7 Å². The number of aliphatic imine (C=N–C) groups is 1. The molecule has 5 heteroatoms. The molecule has 0 radical (unpaired) electrons. The van der Waals surface area contributed by atoms with Gasteiger partial charge in [-0.15, -0.1) is 0 Å². The van der Waals surface area contributed by atoms with Crippen LogP contribution >= 0.6 is 0 Å². The molecule has 0 saturated heterocycles. The molecule has 2 rings (SSSR count). The Hall–Kier alpha value is -2.17. The van der Waals surface area contributed by atoms with Crippen LogP contribution in [0.15, 0.2) is 41.2 Å². The van der Waals surface area contributed by atoms with E-state index in [9.17, 15) is 10.1 Å². The van der Waals surface area contributed by atoms with Crippen molar-refractivity contribution in [1.29, 1.82) is 0 Å². The topological polar surface area (TPSA) is 64.7 Å². The van der Waals surface area contributed by atoms with Gasteiger partial charge in [0, 0.05) is 12.8 Å². The normalized spacial score (nSPS) is 14.4. The zero-order valence-electron chi connectivity index (χ0n) is 11.5. The average Bonchev–Trinajstić information content (AvgIpc) is 2.47. The van der Waals surface area contributed by atoms with E-state index in [0.717, 1.165) is 12.2 Å². The number of unbranched alkanes of at least 4 members (excludes halogenated alkanes) is 1. The van der Waals surface area contributed by atoms with Crippen LogP contribution in [0.1, 0.15) is 38.2 Å². The molecule has 1 aromatic carbocycles. The number of hydrogen-bond acceptors (Lipinski definition) is 4. The molecule has 106 valence electrons. The van der Waals surface area contributed by atoms with Crippen molar-refractivity contribution in [3.8, 4) is 5.75 Å². The van der Waals surface area contributed by atoms with Crippen molar-refractivity contribution in [3.63, 3.8) is 0 Å². The minimum absolute atomic E-state index is 0.132. The molecule has 1 aliphatic rings. The number of rotatable bonds is 5. The maximum atomic E-state index is 10.6. The predicted molar refractivity (Wildman–Crippen MR) is 77.4 cm³/mol. The van der Waals surface area contributed by atoms with E-state index in [1.807, 2.05) is 24.3 Å². The number of nitrogens with zero attached hydrogens (tertiary/aromatic N) is 2. The molecule has 20 heavy (non-hydrogen) atoms. The molecule has 5 nitrogen and oxygen atoms in total. The summed E-state index contributed by atoms with van der Waals surface area (Å²) in [6.07, 6.45) is 5.54. The average molecular weight is 274 g/mol. The van der Waals surface area contributed by atoms with Gasteiger partial charge in [0.05, 0.1) is 4.92 Å². The smallest absolute Gasteiger partial charge is 0.264 e. The number of ether oxygens (including phenoxy) is 1. The van der Waals surface area contributed by atoms with Gasteiger partial charge >= 0.3 is 0 Å². The van der Waals surface area contributed by atoms with E-state index in [2.05, 4.69) is 11.9 Å². The molecule has 0 aromatic heterocycles. The first-order valence-electron chi connectivity index (χ1n) is 6.86. The van der Waals surface area contributed by atoms with Crippen LogP contribution in [0, 0.1) is 10.1 Å². The van der Waals surface area contributed by atoms with Gasteiger partial charge in [-0.1, -0.05) is 25.5 Å². The summed E-state index contributed by atoms with van der Waals surface area (Å²) in [5, 5.41) is 10.6. The number of aryl methyl sites for hydroxylation is 1. The minimum Gasteiger partial charge on any atom is -0.443 e. The Balaban J connectivity index is 1.95. The Morgan fingerprint density at radius 1 is 1.30 bits per heavy atom. The number of allylic oxidation sites excluding steroid dienone is 1. The number of hydrogen-bond donors (Lipinski definition) is 0. The largest absolute Gasteiger partial charge is 0.443 e. The standard InChI is InChI=1S/C15H18N2O3/c1-2-3-4-12-5-8-14(9-6-12)20-15-10-7-13(11-16-15)17(18)19/h5-6,8-9,11H,2-4,7,10H2,1H3. The Bertz CT molecular complexity index is 533. The molecule has 1 heterocycles. The van der Waals surface area contributed by atoms with Crippen molar-refractivity contribution in [2.24, 2.45) is 4.99 Å². The van der Waals surface area contributed by atoms with Crippen molar-refractivity contribution >= 4 is 5.90 Å². The lowest BCUT2D eigenvalue weighted by molar-refractivity contribution is -0.428. The van der Waals surface area contributed by atoms with E-state index < -0.39 is 4.92 Å². The molecule has 0 aliphatic carbocycles. The van der Waals surface area contributed by atoms with Crippen LogP contribution in [0.4, 0.5) is 0 Å². The van der Waals surface area contributed by atoms with Crippen molar-refractivity contribution in [3.05, 3.63) is 51.8 Å². The minimum atomic E-state index is -0.400. The fraction of sp³-hybridized carbons (Fsp3) is 0.400. The van der Waals surface area contributed by atoms with Crippen LogP contribution in [-0.2, 0) is 6.42 Å². The molecule has 0 N–H and O–H groups in total. The van der Waals surface area contributed by atoms with Crippen molar-refractivity contribution < 1.29 is 9.66 Å². The summed E-state index contributed by atoms with van der Waals surface area (Å²) in [4.78, 5) is 14.2. The van der Waals surface area contributed by atoms with Gasteiger partial charge in [-0.25, -0.2) is 4.99 Å². The molecule has 1 aliphatic heterocycles. The molecule has 0 fully saturated rings. The second-order valence-corrected chi connectivity index (χ2v) is 4.75. The Labute approximate surface area is 118 Å². The molecule has 1 aromatic rings. The Morgan fingerprint density at radius 2 is 2.05 bits per heavy atom. The van der Waals surface area contributed by atoms with E-state index in [1.54, 1.807) is 0 Å². The van der Waals surface area contributed by atoms with Crippen molar-refractivity contribution in [2.45, 2.75) is 39.0 Å². The van der Waals surface area contributed by atoms with Gasteiger partial charge in [0.15, 0.2) is 5.90 Å². The van der Waals surface area contributed by atoms with Gasteiger partial charge in [0.1, 0.15) is 11.9 Å². The first-order chi connectivity index (χ1) is 9.69. The van der Waals surface area contributed by atoms with Crippen LogP contribution in [0.25, 0.3) is 0 Å². The monoisotopic (exact) mass is 274 g/mol. The third-order valence-electron chi connectivity index (χ3n) is 3.17. The molecule has 0 bridgehead atoms. The lowest BCUT2D eigenvalue weighted by Gasteiger charge is -2.11. The van der Waals surface area contributed by atoms with Crippen LogP contribution in [0.3, 0.4) is 0 Å². The highest BCUT2D eigenvalue weighted by molar-refractivity contribution is 5.80. The Morgan fingerprint density at radius 3 is 2.60 bits per heavy atom. The van der Waals surface area contributed by atoms with Crippen molar-refractivity contribution in [1.82, 2.24) is 0 Å². The van der Waals surface area contributed by atoms with Gasteiger partial charge < -0.3 is 4.74 Å². The summed E-state index contributed by atoms with van der Waals surface area (Å²) in [7, 11) is 0. The lowest BCUT2D eigenvalue weighted by atomic mass is 10.1. The summed E-state index contributed by atoms with van der Waals surface area (Å²) in [6, 6.07) is 7.93. The third kappa shape index (κ3) is 3.91. The molecule has 0 atom stereocenters. The van der Waals surface area contributed by atoms with Crippen molar-refractivity contribution in [2.75, 3.05) is 0 Å². The van der Waals surface area contributed by atoms with Crippen LogP contribution in [0.5, 0.6) is 5.75 Å².